The predicted octanol–water partition coefficient (Wildman–Crippen LogP) is 2.65. The topological polar surface area (TPSA) is 70.5 Å². The van der Waals surface area contributed by atoms with Gasteiger partial charge in [-0.05, 0) is 12.0 Å². The summed E-state index contributed by atoms with van der Waals surface area (Å²) < 4.78 is 0. The lowest BCUT2D eigenvalue weighted by Crippen LogP contribution is -2.32. The van der Waals surface area contributed by atoms with Crippen molar-refractivity contribution in [2.45, 2.75) is 19.4 Å². The molecule has 0 radical (unpaired) electrons. The standard InChI is InChI=1S/C15H16N2O3S/c18-14(19)7-4-8-17(9-12-5-2-1-3-6-12)15(20)13-10-21-11-16-13/h1-3,5-6,10-11H,4,7-9H2,(H,18,19). The van der Waals surface area contributed by atoms with Gasteiger partial charge >= 0.3 is 5.97 Å². The van der Waals surface area contributed by atoms with Gasteiger partial charge < -0.3 is 10.0 Å². The molecule has 0 aliphatic heterocycles. The van der Waals surface area contributed by atoms with Crippen molar-refractivity contribution < 1.29 is 14.7 Å². The van der Waals surface area contributed by atoms with Crippen molar-refractivity contribution in [2.24, 2.45) is 0 Å². The Bertz CT molecular complexity index is 584. The molecule has 2 aromatic rings. The van der Waals surface area contributed by atoms with Crippen LogP contribution in [0.5, 0.6) is 0 Å². The van der Waals surface area contributed by atoms with Crippen LogP contribution in [-0.2, 0) is 11.3 Å². The van der Waals surface area contributed by atoms with Crippen LogP contribution in [0.25, 0.3) is 0 Å². The summed E-state index contributed by atoms with van der Waals surface area (Å²) >= 11 is 1.37. The highest BCUT2D eigenvalue weighted by Gasteiger charge is 2.17. The van der Waals surface area contributed by atoms with E-state index >= 15 is 0 Å². The molecule has 1 heterocycles. The number of carboxylic acids is 1. The molecule has 110 valence electrons. The zero-order valence-electron chi connectivity index (χ0n) is 11.4. The number of amides is 1. The number of carboxylic acid groups (broad SMARTS) is 1. The van der Waals surface area contributed by atoms with Gasteiger partial charge in [0.05, 0.1) is 5.51 Å². The number of carbonyl (C=O) groups excluding carboxylic acids is 1. The smallest absolute Gasteiger partial charge is 0.303 e. The molecule has 2 rings (SSSR count). The van der Waals surface area contributed by atoms with Crippen LogP contribution in [0, 0.1) is 0 Å². The molecule has 0 atom stereocenters. The predicted molar refractivity (Wildman–Crippen MR) is 80.2 cm³/mol. The Morgan fingerprint density at radius 1 is 1.24 bits per heavy atom. The molecule has 0 saturated heterocycles. The lowest BCUT2D eigenvalue weighted by molar-refractivity contribution is -0.137. The largest absolute Gasteiger partial charge is 0.481 e. The summed E-state index contributed by atoms with van der Waals surface area (Å²) in [6, 6.07) is 9.63. The summed E-state index contributed by atoms with van der Waals surface area (Å²) in [4.78, 5) is 28.7. The maximum atomic E-state index is 12.4. The first kappa shape index (κ1) is 15.2. The van der Waals surface area contributed by atoms with Gasteiger partial charge in [-0.2, -0.15) is 0 Å². The molecule has 0 saturated carbocycles. The van der Waals surface area contributed by atoms with E-state index in [1.807, 2.05) is 30.3 Å². The van der Waals surface area contributed by atoms with Crippen molar-refractivity contribution in [3.8, 4) is 0 Å². The van der Waals surface area contributed by atoms with E-state index in [0.717, 1.165) is 5.56 Å². The highest BCUT2D eigenvalue weighted by molar-refractivity contribution is 7.07. The zero-order valence-corrected chi connectivity index (χ0v) is 12.3. The average molecular weight is 304 g/mol. The molecule has 0 bridgehead atoms. The summed E-state index contributed by atoms with van der Waals surface area (Å²) in [6.45, 7) is 0.856. The Balaban J connectivity index is 2.06. The summed E-state index contributed by atoms with van der Waals surface area (Å²) in [5, 5.41) is 10.4. The molecule has 0 unspecified atom stereocenters. The normalized spacial score (nSPS) is 10.3. The molecule has 6 heteroatoms. The molecular formula is C15H16N2O3S. The SMILES string of the molecule is O=C(O)CCCN(Cc1ccccc1)C(=O)c1cscn1. The molecule has 0 aliphatic carbocycles. The highest BCUT2D eigenvalue weighted by Crippen LogP contribution is 2.11. The number of thiazole rings is 1. The summed E-state index contributed by atoms with van der Waals surface area (Å²) in [5.41, 5.74) is 3.04. The van der Waals surface area contributed by atoms with Crippen LogP contribution >= 0.6 is 11.3 Å². The summed E-state index contributed by atoms with van der Waals surface area (Å²) in [7, 11) is 0. The van der Waals surface area contributed by atoms with Crippen molar-refractivity contribution in [1.29, 1.82) is 0 Å². The second-order valence-electron chi connectivity index (χ2n) is 4.58. The lowest BCUT2D eigenvalue weighted by Gasteiger charge is -2.21. The quantitative estimate of drug-likeness (QED) is 0.853. The van der Waals surface area contributed by atoms with Crippen LogP contribution in [0.1, 0.15) is 28.9 Å². The van der Waals surface area contributed by atoms with E-state index in [1.165, 1.54) is 11.3 Å². The van der Waals surface area contributed by atoms with Gasteiger partial charge in [0, 0.05) is 24.9 Å². The minimum Gasteiger partial charge on any atom is -0.481 e. The van der Waals surface area contributed by atoms with Crippen LogP contribution < -0.4 is 0 Å². The average Bonchev–Trinajstić information content (AvgIpc) is 3.00. The van der Waals surface area contributed by atoms with Gasteiger partial charge in [-0.3, -0.25) is 9.59 Å². The number of hydrogen-bond donors (Lipinski definition) is 1. The van der Waals surface area contributed by atoms with E-state index in [1.54, 1.807) is 15.8 Å². The fourth-order valence-corrected chi connectivity index (χ4v) is 2.48. The van der Waals surface area contributed by atoms with Crippen LogP contribution in [0.2, 0.25) is 0 Å². The van der Waals surface area contributed by atoms with Crippen molar-refractivity contribution in [1.82, 2.24) is 9.88 Å². The fraction of sp³-hybridized carbons (Fsp3) is 0.267. The van der Waals surface area contributed by atoms with Gasteiger partial charge in [-0.25, -0.2) is 4.98 Å². The first-order valence-corrected chi connectivity index (χ1v) is 7.54. The Morgan fingerprint density at radius 3 is 2.62 bits per heavy atom. The van der Waals surface area contributed by atoms with E-state index in [0.29, 0.717) is 25.2 Å². The third-order valence-corrected chi connectivity index (χ3v) is 3.56. The third kappa shape index (κ3) is 4.68. The lowest BCUT2D eigenvalue weighted by atomic mass is 10.2. The zero-order chi connectivity index (χ0) is 15.1. The molecule has 1 amide bonds. The monoisotopic (exact) mass is 304 g/mol. The molecule has 1 N–H and O–H groups in total. The van der Waals surface area contributed by atoms with Crippen LogP contribution in [0.4, 0.5) is 0 Å². The number of aliphatic carboxylic acids is 1. The second-order valence-corrected chi connectivity index (χ2v) is 5.30. The van der Waals surface area contributed by atoms with E-state index < -0.39 is 5.97 Å². The van der Waals surface area contributed by atoms with E-state index in [9.17, 15) is 9.59 Å². The third-order valence-electron chi connectivity index (χ3n) is 2.97. The molecule has 0 fully saturated rings. The molecule has 5 nitrogen and oxygen atoms in total. The fourth-order valence-electron chi connectivity index (χ4n) is 1.96. The van der Waals surface area contributed by atoms with Crippen LogP contribution in [-0.4, -0.2) is 33.4 Å². The van der Waals surface area contributed by atoms with Crippen molar-refractivity contribution in [2.75, 3.05) is 6.54 Å². The first-order valence-electron chi connectivity index (χ1n) is 6.60. The molecule has 0 aliphatic rings. The van der Waals surface area contributed by atoms with Crippen molar-refractivity contribution >= 4 is 23.2 Å². The Morgan fingerprint density at radius 2 is 2.00 bits per heavy atom. The summed E-state index contributed by atoms with van der Waals surface area (Å²) in [6.07, 6.45) is 0.480. The molecule has 1 aromatic carbocycles. The van der Waals surface area contributed by atoms with Gasteiger partial charge in [-0.15, -0.1) is 11.3 Å². The van der Waals surface area contributed by atoms with Gasteiger partial charge in [0.15, 0.2) is 0 Å². The number of rotatable bonds is 7. The maximum Gasteiger partial charge on any atom is 0.303 e. The van der Waals surface area contributed by atoms with Gasteiger partial charge in [0.25, 0.3) is 5.91 Å². The molecule has 0 spiro atoms. The van der Waals surface area contributed by atoms with E-state index in [-0.39, 0.29) is 12.3 Å². The molecular weight excluding hydrogens is 288 g/mol. The summed E-state index contributed by atoms with van der Waals surface area (Å²) in [5.74, 6) is -1.01. The highest BCUT2D eigenvalue weighted by atomic mass is 32.1. The number of benzene rings is 1. The van der Waals surface area contributed by atoms with E-state index in [4.69, 9.17) is 5.11 Å². The van der Waals surface area contributed by atoms with Crippen molar-refractivity contribution in [3.63, 3.8) is 0 Å². The first-order chi connectivity index (χ1) is 10.2. The van der Waals surface area contributed by atoms with Gasteiger partial charge in [0.1, 0.15) is 5.69 Å². The number of hydrogen-bond acceptors (Lipinski definition) is 4. The van der Waals surface area contributed by atoms with Crippen LogP contribution in [0.15, 0.2) is 41.2 Å². The Labute approximate surface area is 126 Å². The second kappa shape index (κ2) is 7.54. The minimum atomic E-state index is -0.851. The maximum absolute atomic E-state index is 12.4. The van der Waals surface area contributed by atoms with Crippen molar-refractivity contribution in [3.05, 3.63) is 52.5 Å². The van der Waals surface area contributed by atoms with Gasteiger partial charge in [-0.1, -0.05) is 30.3 Å². The van der Waals surface area contributed by atoms with E-state index in [2.05, 4.69) is 4.98 Å². The van der Waals surface area contributed by atoms with Gasteiger partial charge in [0.2, 0.25) is 0 Å². The molecule has 21 heavy (non-hydrogen) atoms. The Hall–Kier alpha value is -2.21. The van der Waals surface area contributed by atoms with Crippen LogP contribution in [0.3, 0.4) is 0 Å². The number of aromatic nitrogens is 1. The number of nitrogens with zero attached hydrogens (tertiary/aromatic N) is 2. The minimum absolute atomic E-state index is 0.0512. The Kier molecular flexibility index (Phi) is 5.45. The number of carbonyl (C=O) groups is 2. The molecule has 1 aromatic heterocycles.